The van der Waals surface area contributed by atoms with E-state index in [9.17, 15) is 14.4 Å². The van der Waals surface area contributed by atoms with E-state index in [4.69, 9.17) is 0 Å². The number of anilines is 2. The smallest absolute Gasteiger partial charge is 0.251 e. The molecule has 0 radical (unpaired) electrons. The molecule has 3 N–H and O–H groups in total. The van der Waals surface area contributed by atoms with Crippen LogP contribution in [0.25, 0.3) is 0 Å². The van der Waals surface area contributed by atoms with Crippen LogP contribution >= 0.6 is 0 Å². The molecule has 0 spiro atoms. The van der Waals surface area contributed by atoms with Gasteiger partial charge in [0.15, 0.2) is 0 Å². The van der Waals surface area contributed by atoms with Gasteiger partial charge in [-0.05, 0) is 55.5 Å². The number of amides is 3. The molecule has 2 aromatic carbocycles. The largest absolute Gasteiger partial charge is 0.343 e. The summed E-state index contributed by atoms with van der Waals surface area (Å²) in [6, 6.07) is 12.5. The summed E-state index contributed by atoms with van der Waals surface area (Å²) >= 11 is 0. The van der Waals surface area contributed by atoms with Crippen molar-refractivity contribution in [3.63, 3.8) is 0 Å². The second-order valence-electron chi connectivity index (χ2n) is 7.39. The minimum atomic E-state index is -0.368. The van der Waals surface area contributed by atoms with Gasteiger partial charge in [0.1, 0.15) is 0 Å². The number of rotatable bonds is 6. The Kier molecular flexibility index (Phi) is 5.78. The quantitative estimate of drug-likeness (QED) is 0.720. The van der Waals surface area contributed by atoms with Crippen molar-refractivity contribution in [2.75, 3.05) is 17.2 Å². The summed E-state index contributed by atoms with van der Waals surface area (Å²) in [5.74, 6) is -0.198. The van der Waals surface area contributed by atoms with Crippen molar-refractivity contribution in [3.8, 4) is 0 Å². The van der Waals surface area contributed by atoms with E-state index in [1.54, 1.807) is 24.3 Å². The third kappa shape index (κ3) is 4.76. The molecule has 6 nitrogen and oxygen atoms in total. The van der Waals surface area contributed by atoms with Gasteiger partial charge >= 0.3 is 0 Å². The normalized spacial score (nSPS) is 17.5. The number of para-hydroxylation sites is 1. The first-order valence-electron chi connectivity index (χ1n) is 9.40. The third-order valence-corrected chi connectivity index (χ3v) is 4.99. The third-order valence-electron chi connectivity index (χ3n) is 4.99. The fourth-order valence-corrected chi connectivity index (χ4v) is 3.12. The van der Waals surface area contributed by atoms with Gasteiger partial charge in [0.2, 0.25) is 11.8 Å². The minimum absolute atomic E-state index is 0.0157. The van der Waals surface area contributed by atoms with E-state index in [1.807, 2.05) is 39.0 Å². The van der Waals surface area contributed by atoms with Crippen LogP contribution in [0.2, 0.25) is 0 Å². The van der Waals surface area contributed by atoms with Crippen LogP contribution < -0.4 is 16.0 Å². The summed E-state index contributed by atoms with van der Waals surface area (Å²) in [6.07, 6.45) is 0.904. The number of carbonyl (C=O) groups is 3. The SMILES string of the molecule is Cc1cccc(C)c1NC(=O)CNC(=O)c1cccc(NC(=O)C2CC2C)c1. The Morgan fingerprint density at radius 2 is 1.64 bits per heavy atom. The van der Waals surface area contributed by atoms with Gasteiger partial charge in [0, 0.05) is 22.9 Å². The van der Waals surface area contributed by atoms with Crippen LogP contribution in [0.1, 0.15) is 34.8 Å². The molecule has 1 aliphatic carbocycles. The van der Waals surface area contributed by atoms with Gasteiger partial charge in [0.05, 0.1) is 6.54 Å². The zero-order chi connectivity index (χ0) is 20.3. The summed E-state index contributed by atoms with van der Waals surface area (Å²) in [5.41, 5.74) is 3.67. The van der Waals surface area contributed by atoms with Crippen molar-refractivity contribution in [3.05, 3.63) is 59.2 Å². The van der Waals surface area contributed by atoms with E-state index in [0.717, 1.165) is 23.2 Å². The fourth-order valence-electron chi connectivity index (χ4n) is 3.12. The molecule has 0 heterocycles. The Hall–Kier alpha value is -3.15. The summed E-state index contributed by atoms with van der Waals surface area (Å²) in [6.45, 7) is 5.74. The Labute approximate surface area is 164 Å². The van der Waals surface area contributed by atoms with Crippen LogP contribution in [0.15, 0.2) is 42.5 Å². The standard InChI is InChI=1S/C22H25N3O3/c1-13-6-4-7-14(2)20(13)25-19(26)12-23-21(27)16-8-5-9-17(11-16)24-22(28)18-10-15(18)3/h4-9,11,15,18H,10,12H2,1-3H3,(H,23,27)(H,24,28)(H,25,26). The molecule has 0 saturated heterocycles. The molecule has 146 valence electrons. The topological polar surface area (TPSA) is 87.3 Å². The molecule has 3 rings (SSSR count). The van der Waals surface area contributed by atoms with E-state index in [0.29, 0.717) is 17.2 Å². The maximum Gasteiger partial charge on any atom is 0.251 e. The maximum atomic E-state index is 12.4. The number of benzene rings is 2. The minimum Gasteiger partial charge on any atom is -0.343 e. The van der Waals surface area contributed by atoms with Crippen LogP contribution in [-0.4, -0.2) is 24.3 Å². The molecule has 2 aromatic rings. The van der Waals surface area contributed by atoms with Gasteiger partial charge in [-0.2, -0.15) is 0 Å². The average Bonchev–Trinajstić information content (AvgIpc) is 3.40. The summed E-state index contributed by atoms with van der Waals surface area (Å²) in [7, 11) is 0. The number of hydrogen-bond acceptors (Lipinski definition) is 3. The summed E-state index contributed by atoms with van der Waals surface area (Å²) in [4.78, 5) is 36.6. The van der Waals surface area contributed by atoms with Crippen molar-refractivity contribution in [2.24, 2.45) is 11.8 Å². The molecule has 1 saturated carbocycles. The maximum absolute atomic E-state index is 12.4. The van der Waals surface area contributed by atoms with Gasteiger partial charge in [-0.25, -0.2) is 0 Å². The van der Waals surface area contributed by atoms with Gasteiger partial charge in [-0.3, -0.25) is 14.4 Å². The number of hydrogen-bond donors (Lipinski definition) is 3. The first-order chi connectivity index (χ1) is 13.3. The van der Waals surface area contributed by atoms with Crippen molar-refractivity contribution >= 4 is 29.1 Å². The molecule has 1 fully saturated rings. The zero-order valence-electron chi connectivity index (χ0n) is 16.3. The monoisotopic (exact) mass is 379 g/mol. The van der Waals surface area contributed by atoms with E-state index in [-0.39, 0.29) is 30.2 Å². The predicted molar refractivity (Wildman–Crippen MR) is 109 cm³/mol. The molecule has 3 amide bonds. The first-order valence-corrected chi connectivity index (χ1v) is 9.40. The predicted octanol–water partition coefficient (Wildman–Crippen LogP) is 3.27. The van der Waals surface area contributed by atoms with E-state index < -0.39 is 0 Å². The molecular weight excluding hydrogens is 354 g/mol. The molecule has 28 heavy (non-hydrogen) atoms. The van der Waals surface area contributed by atoms with Crippen molar-refractivity contribution in [2.45, 2.75) is 27.2 Å². The zero-order valence-corrected chi connectivity index (χ0v) is 16.3. The summed E-state index contributed by atoms with van der Waals surface area (Å²) < 4.78 is 0. The second kappa shape index (κ2) is 8.25. The highest BCUT2D eigenvalue weighted by molar-refractivity contribution is 6.01. The van der Waals surface area contributed by atoms with Gasteiger partial charge in [-0.15, -0.1) is 0 Å². The van der Waals surface area contributed by atoms with Crippen molar-refractivity contribution in [1.29, 1.82) is 0 Å². The van der Waals surface area contributed by atoms with Crippen LogP contribution in [0, 0.1) is 25.7 Å². The van der Waals surface area contributed by atoms with Gasteiger partial charge < -0.3 is 16.0 Å². The Morgan fingerprint density at radius 1 is 1.00 bits per heavy atom. The number of nitrogens with one attached hydrogen (secondary N) is 3. The number of carbonyl (C=O) groups excluding carboxylic acids is 3. The molecule has 0 bridgehead atoms. The van der Waals surface area contributed by atoms with Crippen LogP contribution in [-0.2, 0) is 9.59 Å². The highest BCUT2D eigenvalue weighted by Crippen LogP contribution is 2.38. The second-order valence-corrected chi connectivity index (χ2v) is 7.39. The highest BCUT2D eigenvalue weighted by Gasteiger charge is 2.39. The lowest BCUT2D eigenvalue weighted by atomic mass is 10.1. The summed E-state index contributed by atoms with van der Waals surface area (Å²) in [5, 5.41) is 8.29. The molecule has 6 heteroatoms. The molecule has 2 atom stereocenters. The van der Waals surface area contributed by atoms with Gasteiger partial charge in [-0.1, -0.05) is 31.2 Å². The Balaban J connectivity index is 1.55. The lowest BCUT2D eigenvalue weighted by molar-refractivity contribution is -0.117. The Bertz CT molecular complexity index is 903. The van der Waals surface area contributed by atoms with Crippen LogP contribution in [0.5, 0.6) is 0 Å². The molecule has 2 unspecified atom stereocenters. The van der Waals surface area contributed by atoms with E-state index >= 15 is 0 Å². The first kappa shape index (κ1) is 19.6. The van der Waals surface area contributed by atoms with Crippen LogP contribution in [0.4, 0.5) is 11.4 Å². The lowest BCUT2D eigenvalue weighted by Crippen LogP contribution is -2.33. The molecule has 0 aromatic heterocycles. The van der Waals surface area contributed by atoms with E-state index in [1.165, 1.54) is 0 Å². The van der Waals surface area contributed by atoms with Crippen molar-refractivity contribution in [1.82, 2.24) is 5.32 Å². The van der Waals surface area contributed by atoms with Crippen molar-refractivity contribution < 1.29 is 14.4 Å². The number of aryl methyl sites for hydroxylation is 2. The molecular formula is C22H25N3O3. The lowest BCUT2D eigenvalue weighted by Gasteiger charge is -2.12. The highest BCUT2D eigenvalue weighted by atomic mass is 16.2. The fraction of sp³-hybridized carbons (Fsp3) is 0.318. The Morgan fingerprint density at radius 3 is 2.29 bits per heavy atom. The molecule has 1 aliphatic rings. The van der Waals surface area contributed by atoms with E-state index in [2.05, 4.69) is 16.0 Å². The molecule has 0 aliphatic heterocycles. The average molecular weight is 379 g/mol. The van der Waals surface area contributed by atoms with Crippen LogP contribution in [0.3, 0.4) is 0 Å². The van der Waals surface area contributed by atoms with Gasteiger partial charge in [0.25, 0.3) is 5.91 Å².